The first-order valence-corrected chi connectivity index (χ1v) is 6.30. The molecule has 104 valence electrons. The Kier molecular flexibility index (Phi) is 7.35. The van der Waals surface area contributed by atoms with Gasteiger partial charge in [0.2, 0.25) is 0 Å². The molecule has 1 aromatic carbocycles. The summed E-state index contributed by atoms with van der Waals surface area (Å²) in [6, 6.07) is 7.82. The molecular formula is C15H20O4. The minimum absolute atomic E-state index is 0.343. The van der Waals surface area contributed by atoms with Crippen LogP contribution in [0.4, 0.5) is 0 Å². The summed E-state index contributed by atoms with van der Waals surface area (Å²) in [6.45, 7) is 3.21. The maximum absolute atomic E-state index is 11.0. The third-order valence-electron chi connectivity index (χ3n) is 2.40. The molecule has 0 unspecified atom stereocenters. The largest absolute Gasteiger partial charge is 0.490 e. The van der Waals surface area contributed by atoms with Gasteiger partial charge >= 0.3 is 5.97 Å². The van der Waals surface area contributed by atoms with Gasteiger partial charge in [0, 0.05) is 13.2 Å². The average Bonchev–Trinajstić information content (AvgIpc) is 2.43. The van der Waals surface area contributed by atoms with E-state index in [1.54, 1.807) is 20.1 Å². The molecule has 1 aromatic rings. The summed E-state index contributed by atoms with van der Waals surface area (Å²) in [5.41, 5.74) is 1.20. The van der Waals surface area contributed by atoms with Crippen molar-refractivity contribution in [3.8, 4) is 5.75 Å². The van der Waals surface area contributed by atoms with Gasteiger partial charge in [-0.05, 0) is 37.1 Å². The van der Waals surface area contributed by atoms with Crippen LogP contribution in [0.25, 0.3) is 0 Å². The van der Waals surface area contributed by atoms with Crippen LogP contribution < -0.4 is 4.74 Å². The molecule has 0 aliphatic heterocycles. The Balaban J connectivity index is 2.31. The lowest BCUT2D eigenvalue weighted by molar-refractivity contribution is -0.137. The standard InChI is InChI=1S/C15H20O4/c1-3-18-15(16)5-4-11-19-14-8-6-13(7-9-14)10-12-17-2/h4-9H,3,10-12H2,1-2H3/b5-4+. The number of hydrogen-bond acceptors (Lipinski definition) is 4. The van der Waals surface area contributed by atoms with Crippen LogP contribution in [0, 0.1) is 0 Å². The third kappa shape index (κ3) is 6.62. The second kappa shape index (κ2) is 9.16. The van der Waals surface area contributed by atoms with E-state index in [2.05, 4.69) is 0 Å². The van der Waals surface area contributed by atoms with E-state index in [0.29, 0.717) is 19.8 Å². The van der Waals surface area contributed by atoms with Crippen molar-refractivity contribution in [3.05, 3.63) is 42.0 Å². The molecule has 0 atom stereocenters. The van der Waals surface area contributed by atoms with Crippen LogP contribution >= 0.6 is 0 Å². The predicted molar refractivity (Wildman–Crippen MR) is 73.3 cm³/mol. The summed E-state index contributed by atoms with van der Waals surface area (Å²) in [4.78, 5) is 11.0. The van der Waals surface area contributed by atoms with Crippen LogP contribution in [0.15, 0.2) is 36.4 Å². The SMILES string of the molecule is CCOC(=O)/C=C/COc1ccc(CCOC)cc1. The van der Waals surface area contributed by atoms with Crippen molar-refractivity contribution in [2.45, 2.75) is 13.3 Å². The molecule has 4 nitrogen and oxygen atoms in total. The van der Waals surface area contributed by atoms with Crippen molar-refractivity contribution < 1.29 is 19.0 Å². The molecule has 0 aliphatic carbocycles. The van der Waals surface area contributed by atoms with Gasteiger partial charge in [0.1, 0.15) is 12.4 Å². The Morgan fingerprint density at radius 1 is 1.26 bits per heavy atom. The summed E-state index contributed by atoms with van der Waals surface area (Å²) < 4.78 is 15.2. The van der Waals surface area contributed by atoms with Gasteiger partial charge in [-0.25, -0.2) is 4.79 Å². The van der Waals surface area contributed by atoms with Gasteiger partial charge < -0.3 is 14.2 Å². The zero-order valence-electron chi connectivity index (χ0n) is 11.4. The molecule has 4 heteroatoms. The molecule has 0 aromatic heterocycles. The second-order valence-corrected chi connectivity index (χ2v) is 3.85. The number of rotatable bonds is 8. The zero-order valence-corrected chi connectivity index (χ0v) is 11.4. The van der Waals surface area contributed by atoms with E-state index >= 15 is 0 Å². The lowest BCUT2D eigenvalue weighted by Gasteiger charge is -2.05. The summed E-state index contributed by atoms with van der Waals surface area (Å²) in [6.07, 6.45) is 3.90. The van der Waals surface area contributed by atoms with Crippen molar-refractivity contribution >= 4 is 5.97 Å². The predicted octanol–water partition coefficient (Wildman–Crippen LogP) is 2.37. The van der Waals surface area contributed by atoms with E-state index < -0.39 is 0 Å². The van der Waals surface area contributed by atoms with Gasteiger partial charge in [0.15, 0.2) is 0 Å². The van der Waals surface area contributed by atoms with Crippen molar-refractivity contribution in [2.75, 3.05) is 26.9 Å². The molecule has 0 N–H and O–H groups in total. The van der Waals surface area contributed by atoms with E-state index in [4.69, 9.17) is 14.2 Å². The minimum atomic E-state index is -0.346. The van der Waals surface area contributed by atoms with E-state index in [0.717, 1.165) is 12.2 Å². The average molecular weight is 264 g/mol. The van der Waals surface area contributed by atoms with E-state index in [9.17, 15) is 4.79 Å². The Morgan fingerprint density at radius 3 is 2.63 bits per heavy atom. The number of esters is 1. The highest BCUT2D eigenvalue weighted by Gasteiger charge is 1.96. The fourth-order valence-electron chi connectivity index (χ4n) is 1.45. The van der Waals surface area contributed by atoms with Crippen LogP contribution in [0.3, 0.4) is 0 Å². The van der Waals surface area contributed by atoms with Crippen molar-refractivity contribution in [1.29, 1.82) is 0 Å². The molecule has 0 aliphatic rings. The fraction of sp³-hybridized carbons (Fsp3) is 0.400. The van der Waals surface area contributed by atoms with Crippen LogP contribution in [0.2, 0.25) is 0 Å². The third-order valence-corrected chi connectivity index (χ3v) is 2.40. The molecule has 0 spiro atoms. The lowest BCUT2D eigenvalue weighted by atomic mass is 10.1. The Bertz CT molecular complexity index is 395. The first kappa shape index (κ1) is 15.2. The normalized spacial score (nSPS) is 10.6. The zero-order chi connectivity index (χ0) is 13.9. The van der Waals surface area contributed by atoms with Crippen LogP contribution in [-0.4, -0.2) is 32.9 Å². The molecule has 0 fully saturated rings. The summed E-state index contributed by atoms with van der Waals surface area (Å²) >= 11 is 0. The first-order chi connectivity index (χ1) is 9.26. The molecule has 0 saturated carbocycles. The summed E-state index contributed by atoms with van der Waals surface area (Å²) in [5.74, 6) is 0.427. The molecule has 0 saturated heterocycles. The maximum atomic E-state index is 11.0. The Morgan fingerprint density at radius 2 is 2.00 bits per heavy atom. The molecule has 0 heterocycles. The highest BCUT2D eigenvalue weighted by atomic mass is 16.5. The minimum Gasteiger partial charge on any atom is -0.490 e. The summed E-state index contributed by atoms with van der Waals surface area (Å²) in [7, 11) is 1.69. The number of carbonyl (C=O) groups is 1. The molecular weight excluding hydrogens is 244 g/mol. The number of carbonyl (C=O) groups excluding carboxylic acids is 1. The van der Waals surface area contributed by atoms with Crippen LogP contribution in [0.1, 0.15) is 12.5 Å². The van der Waals surface area contributed by atoms with Crippen molar-refractivity contribution in [1.82, 2.24) is 0 Å². The Labute approximate surface area is 114 Å². The number of methoxy groups -OCH3 is 1. The molecule has 0 bridgehead atoms. The first-order valence-electron chi connectivity index (χ1n) is 6.30. The van der Waals surface area contributed by atoms with Crippen molar-refractivity contribution in [2.24, 2.45) is 0 Å². The van der Waals surface area contributed by atoms with Gasteiger partial charge in [-0.2, -0.15) is 0 Å². The van der Waals surface area contributed by atoms with E-state index in [1.165, 1.54) is 11.6 Å². The quantitative estimate of drug-likeness (QED) is 0.534. The molecule has 0 radical (unpaired) electrons. The highest BCUT2D eigenvalue weighted by Crippen LogP contribution is 2.12. The van der Waals surface area contributed by atoms with E-state index in [1.807, 2.05) is 24.3 Å². The molecule has 0 amide bonds. The Hall–Kier alpha value is -1.81. The monoisotopic (exact) mass is 264 g/mol. The highest BCUT2D eigenvalue weighted by molar-refractivity contribution is 5.81. The van der Waals surface area contributed by atoms with Gasteiger partial charge in [-0.3, -0.25) is 0 Å². The number of ether oxygens (including phenoxy) is 3. The topological polar surface area (TPSA) is 44.8 Å². The lowest BCUT2D eigenvalue weighted by Crippen LogP contribution is -2.01. The number of benzene rings is 1. The maximum Gasteiger partial charge on any atom is 0.330 e. The van der Waals surface area contributed by atoms with Gasteiger partial charge in [0.25, 0.3) is 0 Å². The molecule has 1 rings (SSSR count). The fourth-order valence-corrected chi connectivity index (χ4v) is 1.45. The van der Waals surface area contributed by atoms with Gasteiger partial charge in [-0.1, -0.05) is 12.1 Å². The smallest absolute Gasteiger partial charge is 0.330 e. The van der Waals surface area contributed by atoms with Crippen LogP contribution in [0.5, 0.6) is 5.75 Å². The van der Waals surface area contributed by atoms with Gasteiger partial charge in [0.05, 0.1) is 13.2 Å². The van der Waals surface area contributed by atoms with Crippen molar-refractivity contribution in [3.63, 3.8) is 0 Å². The summed E-state index contributed by atoms with van der Waals surface area (Å²) in [5, 5.41) is 0. The molecule has 19 heavy (non-hydrogen) atoms. The van der Waals surface area contributed by atoms with Crippen LogP contribution in [-0.2, 0) is 20.7 Å². The second-order valence-electron chi connectivity index (χ2n) is 3.85. The van der Waals surface area contributed by atoms with Gasteiger partial charge in [-0.15, -0.1) is 0 Å². The number of hydrogen-bond donors (Lipinski definition) is 0. The van der Waals surface area contributed by atoms with E-state index in [-0.39, 0.29) is 5.97 Å².